The van der Waals surface area contributed by atoms with Gasteiger partial charge in [-0.15, -0.1) is 0 Å². The van der Waals surface area contributed by atoms with Gasteiger partial charge in [0.2, 0.25) is 5.91 Å². The molecule has 0 saturated carbocycles. The second kappa shape index (κ2) is 17.8. The van der Waals surface area contributed by atoms with Crippen LogP contribution >= 0.6 is 11.6 Å². The van der Waals surface area contributed by atoms with Gasteiger partial charge in [-0.1, -0.05) is 48.0 Å². The van der Waals surface area contributed by atoms with Gasteiger partial charge in [0.1, 0.15) is 22.6 Å². The van der Waals surface area contributed by atoms with Crippen LogP contribution < -0.4 is 15.8 Å². The average molecular weight is 979 g/mol. The minimum Gasteiger partial charge on any atom is -0.495 e. The lowest BCUT2D eigenvalue weighted by atomic mass is 9.78. The Kier molecular flexibility index (Phi) is 12.7. The molecule has 0 bridgehead atoms. The summed E-state index contributed by atoms with van der Waals surface area (Å²) in [6.45, 7) is 0. The van der Waals surface area contributed by atoms with Crippen LogP contribution in [0.1, 0.15) is 37.4 Å². The molecule has 9 nitrogen and oxygen atoms in total. The van der Waals surface area contributed by atoms with Crippen LogP contribution in [0.3, 0.4) is 0 Å². The van der Waals surface area contributed by atoms with E-state index in [0.29, 0.717) is 18.2 Å². The summed E-state index contributed by atoms with van der Waals surface area (Å²) in [4.78, 5) is 35.2. The zero-order valence-electron chi connectivity index (χ0n) is 34.0. The number of nitrogens with one attached hydrogen (secondary N) is 1. The quantitative estimate of drug-likeness (QED) is 0.0794. The number of aromatic nitrogens is 2. The van der Waals surface area contributed by atoms with Gasteiger partial charge in [0.05, 0.1) is 46.3 Å². The van der Waals surface area contributed by atoms with Gasteiger partial charge in [-0.3, -0.25) is 14.0 Å². The number of carboxylic acid groups (broad SMARTS) is 1. The third-order valence-electron chi connectivity index (χ3n) is 10.6. The first kappa shape index (κ1) is 48.3. The summed E-state index contributed by atoms with van der Waals surface area (Å²) in [6.07, 6.45) is -7.36. The van der Waals surface area contributed by atoms with E-state index in [1.807, 2.05) is 0 Å². The molecule has 3 aromatic carbocycles. The maximum atomic E-state index is 15.7. The molecule has 0 radical (unpaired) electrons. The van der Waals surface area contributed by atoms with Crippen LogP contribution in [-0.2, 0) is 22.8 Å². The Morgan fingerprint density at radius 2 is 1.35 bits per heavy atom. The van der Waals surface area contributed by atoms with Crippen molar-refractivity contribution in [2.24, 2.45) is 11.7 Å². The van der Waals surface area contributed by atoms with Gasteiger partial charge in [-0.25, -0.2) is 31.1 Å². The average Bonchev–Trinajstić information content (AvgIpc) is 3.88. The molecule has 7 aromatic rings. The minimum absolute atomic E-state index is 0.0132. The molecule has 1 aliphatic rings. The number of rotatable bonds is 8. The SMILES string of the molecule is COc1cccn2c(-c3ccc(C4(F)C=C(F)C(F)=CC4C(N)=O)cc3)c(C(F)(F)F)cc12.O=C(O)c1cc(Cl)n2c(-c3ccc(NC(=O)c4cc(F)c(F)cc4F)cc3)c(C(F)(F)F)cc2c1. The summed E-state index contributed by atoms with van der Waals surface area (Å²) in [5.41, 5.74) is -1.46. The van der Waals surface area contributed by atoms with Crippen molar-refractivity contribution in [3.8, 4) is 28.3 Å². The fourth-order valence-electron chi connectivity index (χ4n) is 7.47. The number of anilines is 1. The van der Waals surface area contributed by atoms with Crippen molar-refractivity contribution in [2.45, 2.75) is 18.0 Å². The van der Waals surface area contributed by atoms with Crippen molar-refractivity contribution in [1.29, 1.82) is 0 Å². The molecule has 0 spiro atoms. The number of primary amides is 1. The number of pyridine rings is 2. The van der Waals surface area contributed by atoms with E-state index in [2.05, 4.69) is 5.32 Å². The highest BCUT2D eigenvalue weighted by molar-refractivity contribution is 6.30. The molecule has 2 amide bonds. The molecule has 0 fully saturated rings. The molecule has 352 valence electrons. The van der Waals surface area contributed by atoms with Crippen LogP contribution in [0.25, 0.3) is 33.5 Å². The van der Waals surface area contributed by atoms with Crippen LogP contribution in [0, 0.1) is 23.4 Å². The molecule has 1 aliphatic carbocycles. The maximum Gasteiger partial charge on any atom is 0.418 e. The van der Waals surface area contributed by atoms with E-state index in [-0.39, 0.29) is 67.3 Å². The largest absolute Gasteiger partial charge is 0.495 e. The highest BCUT2D eigenvalue weighted by atomic mass is 35.5. The Balaban J connectivity index is 0.000000202. The number of carbonyl (C=O) groups is 3. The fraction of sp³-hybridized carbons (Fsp3) is 0.109. The highest BCUT2D eigenvalue weighted by Crippen LogP contribution is 2.46. The molecule has 0 saturated heterocycles. The van der Waals surface area contributed by atoms with Gasteiger partial charge in [-0.2, -0.15) is 26.3 Å². The molecule has 4 N–H and O–H groups in total. The lowest BCUT2D eigenvalue weighted by molar-refractivity contribution is -0.137. The highest BCUT2D eigenvalue weighted by Gasteiger charge is 2.46. The number of nitrogens with two attached hydrogens (primary N) is 1. The summed E-state index contributed by atoms with van der Waals surface area (Å²) in [7, 11) is 1.33. The number of methoxy groups -OCH3 is 1. The van der Waals surface area contributed by atoms with E-state index in [0.717, 1.165) is 40.8 Å². The van der Waals surface area contributed by atoms with Crippen molar-refractivity contribution in [3.63, 3.8) is 0 Å². The van der Waals surface area contributed by atoms with E-state index >= 15 is 4.39 Å². The number of carbonyl (C=O) groups excluding carboxylic acids is 2. The molecular formula is C46H27ClF12N4O5. The van der Waals surface area contributed by atoms with E-state index in [1.54, 1.807) is 0 Å². The number of carboxylic acids is 1. The number of hydrogen-bond donors (Lipinski definition) is 3. The first-order valence-electron chi connectivity index (χ1n) is 19.2. The number of aromatic carboxylic acids is 1. The number of hydrogen-bond acceptors (Lipinski definition) is 4. The van der Waals surface area contributed by atoms with Crippen molar-refractivity contribution in [2.75, 3.05) is 12.4 Å². The topological polar surface area (TPSA) is 128 Å². The summed E-state index contributed by atoms with van der Waals surface area (Å²) >= 11 is 6.11. The van der Waals surface area contributed by atoms with Crippen molar-refractivity contribution >= 4 is 46.1 Å². The maximum absolute atomic E-state index is 15.7. The van der Waals surface area contributed by atoms with E-state index in [1.165, 1.54) is 66.2 Å². The number of nitrogens with zero attached hydrogens (tertiary/aromatic N) is 2. The Labute approximate surface area is 378 Å². The molecule has 8 rings (SSSR count). The summed E-state index contributed by atoms with van der Waals surface area (Å²) in [5.74, 6) is -12.5. The van der Waals surface area contributed by atoms with Crippen molar-refractivity contribution in [1.82, 2.24) is 8.80 Å². The van der Waals surface area contributed by atoms with Gasteiger partial charge >= 0.3 is 18.3 Å². The Morgan fingerprint density at radius 3 is 1.94 bits per heavy atom. The monoisotopic (exact) mass is 978 g/mol. The molecule has 4 heterocycles. The standard InChI is InChI=1S/C23H11ClF6N2O3.C23H16F6N2O2/c24-19-6-11(22(34)35)5-13-7-15(23(28,29)30)20(32(13)19)10-1-3-12(4-2-10)31-21(33)14-8-17(26)18(27)9-16(14)25;1-33-19-3-2-8-31-18(19)10-14(23(27,28)29)20(31)12-4-6-13(7-5-12)22(26)11-17(25)16(24)9-15(22)21(30)32/h1-9H,(H,31,33)(H,34,35);2-11,15H,1H3,(H2,30,32). The lowest BCUT2D eigenvalue weighted by Gasteiger charge is -2.30. The summed E-state index contributed by atoms with van der Waals surface area (Å²) < 4.78 is 174. The van der Waals surface area contributed by atoms with Crippen molar-refractivity contribution < 1.29 is 76.9 Å². The number of alkyl halides is 7. The Morgan fingerprint density at radius 1 is 0.765 bits per heavy atom. The molecule has 22 heteroatoms. The second-order valence-electron chi connectivity index (χ2n) is 14.8. The van der Waals surface area contributed by atoms with Gasteiger partial charge in [0.25, 0.3) is 5.91 Å². The third kappa shape index (κ3) is 9.07. The first-order valence-corrected chi connectivity index (χ1v) is 19.5. The van der Waals surface area contributed by atoms with Crippen LogP contribution in [0.2, 0.25) is 5.15 Å². The molecule has 2 unspecified atom stereocenters. The van der Waals surface area contributed by atoms with Gasteiger partial charge in [-0.05, 0) is 83.4 Å². The predicted molar refractivity (Wildman–Crippen MR) is 222 cm³/mol. The van der Waals surface area contributed by atoms with Crippen LogP contribution in [0.15, 0.2) is 127 Å². The van der Waals surface area contributed by atoms with Crippen molar-refractivity contribution in [3.05, 3.63) is 177 Å². The summed E-state index contributed by atoms with van der Waals surface area (Å²) in [6, 6.07) is 16.8. The molecule has 4 aromatic heterocycles. The first-order chi connectivity index (χ1) is 31.8. The number of allylic oxidation sites excluding steroid dienone is 3. The van der Waals surface area contributed by atoms with E-state index in [9.17, 15) is 62.7 Å². The smallest absolute Gasteiger partial charge is 0.418 e. The van der Waals surface area contributed by atoms with Crippen LogP contribution in [-0.4, -0.2) is 38.8 Å². The zero-order valence-corrected chi connectivity index (χ0v) is 34.8. The van der Waals surface area contributed by atoms with Gasteiger partial charge in [0, 0.05) is 23.5 Å². The normalized spacial score (nSPS) is 16.2. The van der Waals surface area contributed by atoms with Crippen LogP contribution in [0.4, 0.5) is 58.4 Å². The third-order valence-corrected chi connectivity index (χ3v) is 10.9. The number of halogens is 13. The van der Waals surface area contributed by atoms with E-state index in [4.69, 9.17) is 27.2 Å². The van der Waals surface area contributed by atoms with Gasteiger partial charge in [0.15, 0.2) is 29.0 Å². The molecule has 0 aliphatic heterocycles. The Hall–Kier alpha value is -7.68. The zero-order chi connectivity index (χ0) is 49.8. The molecule has 68 heavy (non-hydrogen) atoms. The van der Waals surface area contributed by atoms with Gasteiger partial charge < -0.3 is 25.3 Å². The van der Waals surface area contributed by atoms with E-state index < -0.39 is 87.5 Å². The lowest BCUT2D eigenvalue weighted by Crippen LogP contribution is -2.39. The minimum atomic E-state index is -4.81. The Bertz CT molecular complexity index is 3230. The fourth-order valence-corrected chi connectivity index (χ4v) is 7.77. The molecule has 2 atom stereocenters. The molecular weight excluding hydrogens is 952 g/mol. The second-order valence-corrected chi connectivity index (χ2v) is 15.2. The number of ether oxygens (including phenoxy) is 1. The predicted octanol–water partition coefficient (Wildman–Crippen LogP) is 12.3. The number of benzene rings is 3. The number of fused-ring (bicyclic) bond motifs is 2. The van der Waals surface area contributed by atoms with Crippen LogP contribution in [0.5, 0.6) is 5.75 Å². The summed E-state index contributed by atoms with van der Waals surface area (Å²) in [5, 5.41) is 11.1. The number of amides is 2.